The third kappa shape index (κ3) is 4.55. The van der Waals surface area contributed by atoms with Gasteiger partial charge in [-0.25, -0.2) is 0 Å². The Kier molecular flexibility index (Phi) is 5.86. The first kappa shape index (κ1) is 17.4. The van der Waals surface area contributed by atoms with Crippen molar-refractivity contribution >= 4 is 34.0 Å². The van der Waals surface area contributed by atoms with E-state index in [1.54, 1.807) is 0 Å². The van der Waals surface area contributed by atoms with Gasteiger partial charge >= 0.3 is 0 Å². The number of carbonyl (C=O) groups excluding carboxylic acids is 1. The lowest BCUT2D eigenvalue weighted by Gasteiger charge is -2.08. The fraction of sp³-hybridized carbons (Fsp3) is 0.471. The third-order valence-electron chi connectivity index (χ3n) is 4.07. The van der Waals surface area contributed by atoms with E-state index in [9.17, 15) is 4.79 Å². The summed E-state index contributed by atoms with van der Waals surface area (Å²) < 4.78 is 6.38. The molecule has 7 heteroatoms. The number of anilines is 1. The topological polar surface area (TPSA) is 64.1 Å². The van der Waals surface area contributed by atoms with Gasteiger partial charge in [-0.2, -0.15) is 0 Å². The van der Waals surface area contributed by atoms with Crippen LogP contribution < -0.4 is 5.32 Å². The van der Waals surface area contributed by atoms with Crippen molar-refractivity contribution in [3.63, 3.8) is 0 Å². The summed E-state index contributed by atoms with van der Waals surface area (Å²) in [4.78, 5) is 12.3. The molecule has 2 aromatic rings. The number of nitrogens with one attached hydrogen (secondary N) is 1. The van der Waals surface area contributed by atoms with Crippen LogP contribution in [0.4, 0.5) is 5.13 Å². The number of hydrogen-bond donors (Lipinski definition) is 1. The smallest absolute Gasteiger partial charge is 0.206 e. The van der Waals surface area contributed by atoms with Gasteiger partial charge in [-0.3, -0.25) is 4.79 Å². The fourth-order valence-corrected chi connectivity index (χ4v) is 4.12. The fourth-order valence-electron chi connectivity index (χ4n) is 2.47. The van der Waals surface area contributed by atoms with Crippen LogP contribution in [0.5, 0.6) is 0 Å². The van der Waals surface area contributed by atoms with Crippen LogP contribution in [0, 0.1) is 13.8 Å². The van der Waals surface area contributed by atoms with Gasteiger partial charge in [0.2, 0.25) is 5.13 Å². The molecule has 1 aliphatic heterocycles. The summed E-state index contributed by atoms with van der Waals surface area (Å²) in [6.07, 6.45) is 2.50. The van der Waals surface area contributed by atoms with Gasteiger partial charge in [-0.05, 0) is 43.9 Å². The summed E-state index contributed by atoms with van der Waals surface area (Å²) in [6, 6.07) is 5.83. The standard InChI is InChI=1S/C17H21N3O2S2/c1-11-5-6-13(8-12(11)2)15(21)10-23-17-20-19-16(24-17)18-9-14-4-3-7-22-14/h5-6,8,14H,3-4,7,9-10H2,1-2H3,(H,18,19)/t14-/m1/s1. The van der Waals surface area contributed by atoms with Gasteiger partial charge in [0.1, 0.15) is 0 Å². The Morgan fingerprint density at radius 3 is 3.00 bits per heavy atom. The molecule has 1 saturated heterocycles. The van der Waals surface area contributed by atoms with Gasteiger partial charge in [-0.1, -0.05) is 35.2 Å². The Morgan fingerprint density at radius 2 is 2.25 bits per heavy atom. The summed E-state index contributed by atoms with van der Waals surface area (Å²) in [7, 11) is 0. The van der Waals surface area contributed by atoms with Crippen LogP contribution >= 0.6 is 23.1 Å². The Balaban J connectivity index is 1.49. The predicted octanol–water partition coefficient (Wildman–Crippen LogP) is 3.72. The van der Waals surface area contributed by atoms with Crippen molar-refractivity contribution in [1.82, 2.24) is 10.2 Å². The maximum atomic E-state index is 12.3. The monoisotopic (exact) mass is 363 g/mol. The zero-order valence-corrected chi connectivity index (χ0v) is 15.5. The molecule has 1 fully saturated rings. The number of ether oxygens (including phenoxy) is 1. The molecular weight excluding hydrogens is 342 g/mol. The molecule has 0 amide bonds. The molecule has 24 heavy (non-hydrogen) atoms. The number of Topliss-reactive ketones (excluding diaryl/α,β-unsaturated/α-hetero) is 1. The molecule has 0 bridgehead atoms. The Morgan fingerprint density at radius 1 is 1.38 bits per heavy atom. The zero-order chi connectivity index (χ0) is 16.9. The van der Waals surface area contributed by atoms with Crippen molar-refractivity contribution in [2.45, 2.75) is 37.1 Å². The minimum atomic E-state index is 0.118. The minimum Gasteiger partial charge on any atom is -0.376 e. The van der Waals surface area contributed by atoms with Gasteiger partial charge in [0.25, 0.3) is 0 Å². The lowest BCUT2D eigenvalue weighted by Crippen LogP contribution is -2.18. The maximum Gasteiger partial charge on any atom is 0.206 e. The van der Waals surface area contributed by atoms with Crippen LogP contribution in [-0.2, 0) is 4.74 Å². The van der Waals surface area contributed by atoms with E-state index in [2.05, 4.69) is 15.5 Å². The van der Waals surface area contributed by atoms with Crippen molar-refractivity contribution in [1.29, 1.82) is 0 Å². The quantitative estimate of drug-likeness (QED) is 0.597. The minimum absolute atomic E-state index is 0.118. The number of nitrogens with zero attached hydrogens (tertiary/aromatic N) is 2. The Bertz CT molecular complexity index is 712. The molecule has 128 valence electrons. The summed E-state index contributed by atoms with van der Waals surface area (Å²) in [5, 5.41) is 12.3. The molecule has 0 unspecified atom stereocenters. The van der Waals surface area contributed by atoms with Crippen LogP contribution in [0.3, 0.4) is 0 Å². The lowest BCUT2D eigenvalue weighted by molar-refractivity contribution is 0.102. The van der Waals surface area contributed by atoms with E-state index < -0.39 is 0 Å². The Labute approximate surface area is 150 Å². The first-order chi connectivity index (χ1) is 11.6. The predicted molar refractivity (Wildman–Crippen MR) is 98.3 cm³/mol. The Hall–Kier alpha value is -1.44. The number of thioether (sulfide) groups is 1. The molecule has 1 atom stereocenters. The van der Waals surface area contributed by atoms with Gasteiger partial charge < -0.3 is 10.1 Å². The van der Waals surface area contributed by atoms with E-state index in [-0.39, 0.29) is 11.9 Å². The number of aromatic nitrogens is 2. The van der Waals surface area contributed by atoms with E-state index >= 15 is 0 Å². The van der Waals surface area contributed by atoms with E-state index in [4.69, 9.17) is 4.74 Å². The van der Waals surface area contributed by atoms with Crippen molar-refractivity contribution in [2.75, 3.05) is 24.2 Å². The van der Waals surface area contributed by atoms with Crippen LogP contribution in [-0.4, -0.2) is 41.0 Å². The lowest BCUT2D eigenvalue weighted by atomic mass is 10.0. The average Bonchev–Trinajstić information content (AvgIpc) is 3.24. The second kappa shape index (κ2) is 8.09. The number of carbonyl (C=O) groups is 1. The van der Waals surface area contributed by atoms with Crippen LogP contribution in [0.25, 0.3) is 0 Å². The maximum absolute atomic E-state index is 12.3. The van der Waals surface area contributed by atoms with E-state index in [1.165, 1.54) is 28.7 Å². The van der Waals surface area contributed by atoms with E-state index in [0.29, 0.717) is 5.75 Å². The van der Waals surface area contributed by atoms with Crippen molar-refractivity contribution in [3.05, 3.63) is 34.9 Å². The molecular formula is C17H21N3O2S2. The molecule has 3 rings (SSSR count). The molecule has 0 aliphatic carbocycles. The summed E-state index contributed by atoms with van der Waals surface area (Å²) in [5.74, 6) is 0.496. The van der Waals surface area contributed by atoms with Gasteiger partial charge in [0, 0.05) is 18.7 Å². The molecule has 1 aliphatic rings. The number of benzene rings is 1. The average molecular weight is 364 g/mol. The number of hydrogen-bond acceptors (Lipinski definition) is 7. The third-order valence-corrected chi connectivity index (χ3v) is 6.08. The summed E-state index contributed by atoms with van der Waals surface area (Å²) >= 11 is 2.92. The SMILES string of the molecule is Cc1ccc(C(=O)CSc2nnc(NC[C@H]3CCCO3)s2)cc1C. The van der Waals surface area contributed by atoms with E-state index in [0.717, 1.165) is 46.6 Å². The van der Waals surface area contributed by atoms with Gasteiger partial charge in [0.15, 0.2) is 10.1 Å². The normalized spacial score (nSPS) is 17.2. The highest BCUT2D eigenvalue weighted by molar-refractivity contribution is 8.01. The molecule has 0 saturated carbocycles. The van der Waals surface area contributed by atoms with Crippen molar-refractivity contribution in [3.8, 4) is 0 Å². The van der Waals surface area contributed by atoms with Crippen LogP contribution in [0.15, 0.2) is 22.5 Å². The molecule has 5 nitrogen and oxygen atoms in total. The van der Waals surface area contributed by atoms with Gasteiger partial charge in [-0.15, -0.1) is 10.2 Å². The molecule has 1 N–H and O–H groups in total. The van der Waals surface area contributed by atoms with Crippen molar-refractivity contribution < 1.29 is 9.53 Å². The highest BCUT2D eigenvalue weighted by atomic mass is 32.2. The molecule has 1 aromatic heterocycles. The first-order valence-corrected chi connectivity index (χ1v) is 9.84. The van der Waals surface area contributed by atoms with Crippen LogP contribution in [0.1, 0.15) is 34.3 Å². The number of aryl methyl sites for hydroxylation is 2. The highest BCUT2D eigenvalue weighted by Gasteiger charge is 2.16. The molecule has 2 heterocycles. The zero-order valence-electron chi connectivity index (χ0n) is 13.9. The van der Waals surface area contributed by atoms with Crippen molar-refractivity contribution in [2.24, 2.45) is 0 Å². The molecule has 0 spiro atoms. The first-order valence-electron chi connectivity index (χ1n) is 8.04. The summed E-state index contributed by atoms with van der Waals surface area (Å²) in [6.45, 7) is 5.69. The van der Waals surface area contributed by atoms with Crippen LogP contribution in [0.2, 0.25) is 0 Å². The second-order valence-electron chi connectivity index (χ2n) is 5.90. The molecule has 1 aromatic carbocycles. The van der Waals surface area contributed by atoms with E-state index in [1.807, 2.05) is 32.0 Å². The largest absolute Gasteiger partial charge is 0.376 e. The number of ketones is 1. The number of rotatable bonds is 7. The highest BCUT2D eigenvalue weighted by Crippen LogP contribution is 2.26. The summed E-state index contributed by atoms with van der Waals surface area (Å²) in [5.41, 5.74) is 3.10. The second-order valence-corrected chi connectivity index (χ2v) is 8.10. The molecule has 0 radical (unpaired) electrons. The van der Waals surface area contributed by atoms with Gasteiger partial charge in [0.05, 0.1) is 11.9 Å².